The molecule has 2 saturated carbocycles. The van der Waals surface area contributed by atoms with Gasteiger partial charge < -0.3 is 9.64 Å². The summed E-state index contributed by atoms with van der Waals surface area (Å²) >= 11 is 0. The van der Waals surface area contributed by atoms with Gasteiger partial charge in [-0.2, -0.15) is 0 Å². The average molecular weight is 446 g/mol. The zero-order valence-electron chi connectivity index (χ0n) is 18.1. The van der Waals surface area contributed by atoms with Crippen LogP contribution in [0.2, 0.25) is 0 Å². The molecule has 31 heavy (non-hydrogen) atoms. The van der Waals surface area contributed by atoms with Crippen LogP contribution in [0.5, 0.6) is 0 Å². The number of carbonyl (C=O) groups excluding carboxylic acids is 2. The molecule has 3 heterocycles. The average Bonchev–Trinajstić information content (AvgIpc) is 3.28. The number of imide groups is 1. The van der Waals surface area contributed by atoms with E-state index in [-0.39, 0.29) is 48.3 Å². The molecule has 1 aromatic carbocycles. The van der Waals surface area contributed by atoms with Crippen LogP contribution in [-0.4, -0.2) is 73.1 Å². The third kappa shape index (κ3) is 3.38. The Morgan fingerprint density at radius 1 is 0.903 bits per heavy atom. The first-order valence-corrected chi connectivity index (χ1v) is 11.7. The number of epoxide rings is 1. The molecule has 2 amide bonds. The van der Waals surface area contributed by atoms with Gasteiger partial charge in [-0.3, -0.25) is 19.4 Å². The Bertz CT molecular complexity index is 839. The van der Waals surface area contributed by atoms with Gasteiger partial charge in [0.15, 0.2) is 0 Å². The molecule has 5 fully saturated rings. The Kier molecular flexibility index (Phi) is 5.51. The third-order valence-electron chi connectivity index (χ3n) is 8.30. The van der Waals surface area contributed by atoms with E-state index in [9.17, 15) is 9.59 Å². The largest absolute Gasteiger partial charge is 0.369 e. The summed E-state index contributed by atoms with van der Waals surface area (Å²) in [5.41, 5.74) is 2.69. The standard InChI is InChI=1S/C24H31N3O3.ClH/c1-15-6-2-3-7-18(15)26-12-10-25(11-13-26)8-4-5-9-27-23(28)19-16-14-17(20(19)24(27)29)22-21(16)30-22;/h2-3,6-7,16-17,19-22H,4-5,8-14H2,1H3;1H/t16-,17+,19-,20+,21-,22+;. The number of likely N-dealkylation sites (tertiary alicyclic amines) is 1. The first-order chi connectivity index (χ1) is 14.6. The summed E-state index contributed by atoms with van der Waals surface area (Å²) in [6.07, 6.45) is 3.55. The van der Waals surface area contributed by atoms with Gasteiger partial charge in [-0.1, -0.05) is 18.2 Å². The summed E-state index contributed by atoms with van der Waals surface area (Å²) < 4.78 is 5.68. The Morgan fingerprint density at radius 2 is 1.52 bits per heavy atom. The molecule has 6 nitrogen and oxygen atoms in total. The van der Waals surface area contributed by atoms with Crippen molar-refractivity contribution in [1.29, 1.82) is 0 Å². The molecule has 0 unspecified atom stereocenters. The van der Waals surface area contributed by atoms with Gasteiger partial charge in [0.05, 0.1) is 24.0 Å². The Hall–Kier alpha value is -1.63. The van der Waals surface area contributed by atoms with Gasteiger partial charge in [-0.15, -0.1) is 12.4 Å². The molecule has 2 bridgehead atoms. The second-order valence-electron chi connectivity index (χ2n) is 9.83. The predicted octanol–water partition coefficient (Wildman–Crippen LogP) is 2.34. The maximum Gasteiger partial charge on any atom is 0.233 e. The maximum absolute atomic E-state index is 12.9. The Balaban J connectivity index is 0.00000204. The number of benzene rings is 1. The third-order valence-corrected chi connectivity index (χ3v) is 8.30. The van der Waals surface area contributed by atoms with Gasteiger partial charge >= 0.3 is 0 Å². The number of hydrogen-bond acceptors (Lipinski definition) is 5. The quantitative estimate of drug-likeness (QED) is 0.382. The van der Waals surface area contributed by atoms with Crippen molar-refractivity contribution in [2.24, 2.45) is 23.7 Å². The van der Waals surface area contributed by atoms with Crippen LogP contribution in [0.4, 0.5) is 5.69 Å². The van der Waals surface area contributed by atoms with Gasteiger partial charge in [-0.25, -0.2) is 0 Å². The highest BCUT2D eigenvalue weighted by atomic mass is 35.5. The van der Waals surface area contributed by atoms with E-state index in [2.05, 4.69) is 41.0 Å². The van der Waals surface area contributed by atoms with Crippen molar-refractivity contribution >= 4 is 29.9 Å². The molecule has 0 N–H and O–H groups in total. The number of anilines is 1. The van der Waals surface area contributed by atoms with Crippen LogP contribution in [0.3, 0.4) is 0 Å². The Labute approximate surface area is 190 Å². The molecular weight excluding hydrogens is 414 g/mol. The minimum atomic E-state index is -0.0687. The van der Waals surface area contributed by atoms with Crippen molar-refractivity contribution in [3.63, 3.8) is 0 Å². The molecule has 3 aliphatic heterocycles. The van der Waals surface area contributed by atoms with Crippen molar-refractivity contribution in [2.75, 3.05) is 44.2 Å². The number of amides is 2. The lowest BCUT2D eigenvalue weighted by molar-refractivity contribution is -0.141. The lowest BCUT2D eigenvalue weighted by Gasteiger charge is -2.36. The van der Waals surface area contributed by atoms with Crippen molar-refractivity contribution < 1.29 is 14.3 Å². The summed E-state index contributed by atoms with van der Waals surface area (Å²) in [6.45, 7) is 8.10. The normalized spacial score (nSPS) is 35.9. The number of ether oxygens (including phenoxy) is 1. The van der Waals surface area contributed by atoms with Crippen LogP contribution in [0.25, 0.3) is 0 Å². The van der Waals surface area contributed by atoms with E-state index in [1.165, 1.54) is 11.3 Å². The molecule has 168 valence electrons. The summed E-state index contributed by atoms with van der Waals surface area (Å²) in [7, 11) is 0. The molecule has 2 aliphatic carbocycles. The molecular formula is C24H32ClN3O3. The minimum absolute atomic E-state index is 0. The number of unbranched alkanes of at least 4 members (excludes halogenated alkanes) is 1. The van der Waals surface area contributed by atoms with E-state index in [4.69, 9.17) is 4.74 Å². The summed E-state index contributed by atoms with van der Waals surface area (Å²) in [5.74, 6) is 0.685. The fourth-order valence-corrected chi connectivity index (χ4v) is 6.74. The van der Waals surface area contributed by atoms with Crippen LogP contribution < -0.4 is 4.90 Å². The SMILES string of the molecule is Cc1ccccc1N1CCN(CCCCN2C(=O)[C@@H]3[C@H]4C[C@H]([C@@H]5O[C@H]45)[C@@H]3C2=O)CC1.Cl. The number of carbonyl (C=O) groups is 2. The topological polar surface area (TPSA) is 56.4 Å². The van der Waals surface area contributed by atoms with Crippen LogP contribution in [0, 0.1) is 30.6 Å². The van der Waals surface area contributed by atoms with E-state index >= 15 is 0 Å². The zero-order chi connectivity index (χ0) is 20.4. The minimum Gasteiger partial charge on any atom is -0.369 e. The fraction of sp³-hybridized carbons (Fsp3) is 0.667. The maximum atomic E-state index is 12.9. The number of piperazine rings is 1. The number of aryl methyl sites for hydroxylation is 1. The van der Waals surface area contributed by atoms with E-state index in [0.29, 0.717) is 18.4 Å². The first kappa shape index (κ1) is 21.2. The van der Waals surface area contributed by atoms with E-state index < -0.39 is 0 Å². The van der Waals surface area contributed by atoms with E-state index in [1.54, 1.807) is 4.90 Å². The zero-order valence-corrected chi connectivity index (χ0v) is 18.9. The number of para-hydroxylation sites is 1. The molecule has 7 heteroatoms. The second kappa shape index (κ2) is 8.05. The number of rotatable bonds is 6. The van der Waals surface area contributed by atoms with Crippen LogP contribution in [0.1, 0.15) is 24.8 Å². The molecule has 0 aromatic heterocycles. The fourth-order valence-electron chi connectivity index (χ4n) is 6.74. The summed E-state index contributed by atoms with van der Waals surface area (Å²) in [6, 6.07) is 8.61. The van der Waals surface area contributed by atoms with Gasteiger partial charge in [0, 0.05) is 50.2 Å². The molecule has 3 saturated heterocycles. The highest BCUT2D eigenvalue weighted by molar-refractivity contribution is 6.06. The van der Waals surface area contributed by atoms with Gasteiger partial charge in [0.1, 0.15) is 0 Å². The first-order valence-electron chi connectivity index (χ1n) is 11.7. The van der Waals surface area contributed by atoms with Crippen molar-refractivity contribution in [2.45, 2.75) is 38.4 Å². The highest BCUT2D eigenvalue weighted by Crippen LogP contribution is 2.63. The number of hydrogen-bond donors (Lipinski definition) is 0. The summed E-state index contributed by atoms with van der Waals surface area (Å²) in [5, 5.41) is 0. The molecule has 6 atom stereocenters. The lowest BCUT2D eigenvalue weighted by atomic mass is 9.81. The van der Waals surface area contributed by atoms with Crippen LogP contribution in [0.15, 0.2) is 24.3 Å². The lowest BCUT2D eigenvalue weighted by Crippen LogP contribution is -2.47. The van der Waals surface area contributed by atoms with Gasteiger partial charge in [0.25, 0.3) is 0 Å². The van der Waals surface area contributed by atoms with Crippen molar-refractivity contribution in [3.05, 3.63) is 29.8 Å². The molecule has 1 aromatic rings. The molecule has 0 spiro atoms. The van der Waals surface area contributed by atoms with Gasteiger partial charge in [-0.05, 0) is 44.4 Å². The van der Waals surface area contributed by atoms with Crippen LogP contribution in [-0.2, 0) is 14.3 Å². The van der Waals surface area contributed by atoms with Crippen LogP contribution >= 0.6 is 12.4 Å². The highest BCUT2D eigenvalue weighted by Gasteiger charge is 2.73. The van der Waals surface area contributed by atoms with Gasteiger partial charge in [0.2, 0.25) is 11.8 Å². The Morgan fingerprint density at radius 3 is 2.16 bits per heavy atom. The number of nitrogens with zero attached hydrogens (tertiary/aromatic N) is 3. The summed E-state index contributed by atoms with van der Waals surface area (Å²) in [4.78, 5) is 32.3. The van der Waals surface area contributed by atoms with E-state index in [0.717, 1.165) is 52.0 Å². The van der Waals surface area contributed by atoms with Crippen molar-refractivity contribution in [1.82, 2.24) is 9.80 Å². The number of halogens is 1. The monoisotopic (exact) mass is 445 g/mol. The number of fused-ring (bicyclic) bond motifs is 8. The molecule has 5 aliphatic rings. The predicted molar refractivity (Wildman–Crippen MR) is 120 cm³/mol. The van der Waals surface area contributed by atoms with Crippen molar-refractivity contribution in [3.8, 4) is 0 Å². The van der Waals surface area contributed by atoms with E-state index in [1.807, 2.05) is 0 Å². The second-order valence-corrected chi connectivity index (χ2v) is 9.83. The molecule has 0 radical (unpaired) electrons. The molecule has 6 rings (SSSR count). The smallest absolute Gasteiger partial charge is 0.233 e.